The van der Waals surface area contributed by atoms with Gasteiger partial charge in [0.15, 0.2) is 0 Å². The molecular formula is C30H30F2N8O2. The molecule has 0 radical (unpaired) electrons. The summed E-state index contributed by atoms with van der Waals surface area (Å²) >= 11 is 0. The van der Waals surface area contributed by atoms with E-state index in [4.69, 9.17) is 5.73 Å². The van der Waals surface area contributed by atoms with Gasteiger partial charge in [0.2, 0.25) is 0 Å². The van der Waals surface area contributed by atoms with Crippen LogP contribution in [0, 0.1) is 11.6 Å². The van der Waals surface area contributed by atoms with Gasteiger partial charge in [-0.2, -0.15) is 5.10 Å². The van der Waals surface area contributed by atoms with Gasteiger partial charge in [0.05, 0.1) is 29.8 Å². The van der Waals surface area contributed by atoms with E-state index in [0.717, 1.165) is 49.3 Å². The van der Waals surface area contributed by atoms with Crippen molar-refractivity contribution >= 4 is 28.0 Å². The third kappa shape index (κ3) is 5.05. The molecular weight excluding hydrogens is 542 g/mol. The summed E-state index contributed by atoms with van der Waals surface area (Å²) in [6.07, 6.45) is 4.01. The van der Waals surface area contributed by atoms with Gasteiger partial charge >= 0.3 is 0 Å². The Balaban J connectivity index is 1.28. The van der Waals surface area contributed by atoms with E-state index in [1.54, 1.807) is 13.0 Å². The number of piperazine rings is 1. The fourth-order valence-corrected chi connectivity index (χ4v) is 5.58. The summed E-state index contributed by atoms with van der Waals surface area (Å²) in [5.74, 6) is -1.72. The van der Waals surface area contributed by atoms with Gasteiger partial charge in [0, 0.05) is 54.9 Å². The first-order valence-electron chi connectivity index (χ1n) is 13.6. The maximum Gasteiger partial charge on any atom is 0.261 e. The average Bonchev–Trinajstić information content (AvgIpc) is 3.50. The minimum Gasteiger partial charge on any atom is -0.399 e. The van der Waals surface area contributed by atoms with Crippen LogP contribution in [0.25, 0.3) is 10.9 Å². The lowest BCUT2D eigenvalue weighted by Gasteiger charge is -2.37. The van der Waals surface area contributed by atoms with Crippen molar-refractivity contribution in [2.75, 3.05) is 41.7 Å². The van der Waals surface area contributed by atoms with Crippen LogP contribution in [-0.4, -0.2) is 55.6 Å². The van der Waals surface area contributed by atoms with Crippen LogP contribution in [0.1, 0.15) is 18.5 Å². The second-order valence-electron chi connectivity index (χ2n) is 10.5. The summed E-state index contributed by atoms with van der Waals surface area (Å²) in [6.45, 7) is 4.61. The highest BCUT2D eigenvalue weighted by atomic mass is 19.1. The minimum absolute atomic E-state index is 0.174. The topological polar surface area (TPSA) is 118 Å². The standard InChI is InChI=1S/C30H30F2N8O2/c1-20(30(42,16-39-18-34-17-36-39)26-9-2-21(31)14-27(26)32)40-19-35-28-15-24(7-8-25(28)29(40)41)38-12-10-37(11-13-38)23-5-3-22(33)4-6-23/h2-9,14-15,17-20,42H,10-13,16,33H2,1H3. The van der Waals surface area contributed by atoms with Crippen molar-refractivity contribution in [3.63, 3.8) is 0 Å². The lowest BCUT2D eigenvalue weighted by molar-refractivity contribution is -0.0343. The van der Waals surface area contributed by atoms with Gasteiger partial charge in [-0.25, -0.2) is 23.4 Å². The summed E-state index contributed by atoms with van der Waals surface area (Å²) < 4.78 is 31.3. The molecule has 2 aromatic heterocycles. The van der Waals surface area contributed by atoms with Gasteiger partial charge in [0.25, 0.3) is 5.56 Å². The van der Waals surface area contributed by atoms with Crippen LogP contribution in [0.2, 0.25) is 0 Å². The monoisotopic (exact) mass is 572 g/mol. The van der Waals surface area contributed by atoms with Crippen molar-refractivity contribution in [2.24, 2.45) is 0 Å². The number of fused-ring (bicyclic) bond motifs is 1. The number of nitrogens with two attached hydrogens (primary N) is 1. The second-order valence-corrected chi connectivity index (χ2v) is 10.5. The zero-order valence-electron chi connectivity index (χ0n) is 22.9. The smallest absolute Gasteiger partial charge is 0.261 e. The molecule has 0 amide bonds. The highest BCUT2D eigenvalue weighted by Gasteiger charge is 2.41. The van der Waals surface area contributed by atoms with E-state index in [0.29, 0.717) is 17.0 Å². The highest BCUT2D eigenvalue weighted by Crippen LogP contribution is 2.36. The summed E-state index contributed by atoms with van der Waals surface area (Å²) in [5, 5.41) is 16.3. The SMILES string of the molecule is CC(n1cnc2cc(N3CCN(c4ccc(N)cc4)CC3)ccc2c1=O)C(O)(Cn1cncn1)c1ccc(F)cc1F. The Morgan fingerprint density at radius 2 is 1.64 bits per heavy atom. The van der Waals surface area contributed by atoms with Gasteiger partial charge in [-0.1, -0.05) is 6.07 Å². The molecule has 6 rings (SSSR count). The van der Waals surface area contributed by atoms with Gasteiger partial charge in [-0.15, -0.1) is 0 Å². The quantitative estimate of drug-likeness (QED) is 0.285. The highest BCUT2D eigenvalue weighted by molar-refractivity contribution is 5.81. The normalized spacial score (nSPS) is 16.0. The van der Waals surface area contributed by atoms with Crippen molar-refractivity contribution < 1.29 is 13.9 Å². The van der Waals surface area contributed by atoms with Crippen molar-refractivity contribution in [2.45, 2.75) is 25.1 Å². The molecule has 0 spiro atoms. The molecule has 1 aliphatic heterocycles. The first-order valence-corrected chi connectivity index (χ1v) is 13.6. The lowest BCUT2D eigenvalue weighted by Crippen LogP contribution is -2.46. The van der Waals surface area contributed by atoms with Crippen LogP contribution < -0.4 is 21.1 Å². The number of anilines is 3. The Kier molecular flexibility index (Phi) is 7.07. The third-order valence-corrected chi connectivity index (χ3v) is 8.05. The molecule has 5 aromatic rings. The Morgan fingerprint density at radius 1 is 0.952 bits per heavy atom. The number of nitrogen functional groups attached to an aromatic ring is 1. The molecule has 2 atom stereocenters. The zero-order chi connectivity index (χ0) is 29.4. The molecule has 0 bridgehead atoms. The maximum atomic E-state index is 15.0. The number of rotatable bonds is 7. The summed E-state index contributed by atoms with van der Waals surface area (Å²) in [5.41, 5.74) is 6.58. The molecule has 3 heterocycles. The van der Waals surface area contributed by atoms with Crippen LogP contribution in [0.3, 0.4) is 0 Å². The molecule has 216 valence electrons. The predicted octanol–water partition coefficient (Wildman–Crippen LogP) is 3.32. The average molecular weight is 573 g/mol. The van der Waals surface area contributed by atoms with Gasteiger partial charge in [-0.05, 0) is 55.5 Å². The number of benzene rings is 3. The van der Waals surface area contributed by atoms with Gasteiger partial charge in [-0.3, -0.25) is 9.36 Å². The number of halogens is 2. The Labute approximate surface area is 240 Å². The van der Waals surface area contributed by atoms with E-state index in [1.807, 2.05) is 36.4 Å². The molecule has 0 saturated carbocycles. The maximum absolute atomic E-state index is 15.0. The largest absolute Gasteiger partial charge is 0.399 e. The molecule has 1 fully saturated rings. The molecule has 2 unspecified atom stereocenters. The number of hydrogen-bond donors (Lipinski definition) is 2. The van der Waals surface area contributed by atoms with Crippen molar-refractivity contribution in [3.05, 3.63) is 107 Å². The van der Waals surface area contributed by atoms with Crippen LogP contribution in [-0.2, 0) is 12.1 Å². The van der Waals surface area contributed by atoms with Gasteiger partial charge in [0.1, 0.15) is 29.9 Å². The zero-order valence-corrected chi connectivity index (χ0v) is 22.9. The van der Waals surface area contributed by atoms with Crippen molar-refractivity contribution in [1.29, 1.82) is 0 Å². The van der Waals surface area contributed by atoms with E-state index in [-0.39, 0.29) is 12.1 Å². The van der Waals surface area contributed by atoms with E-state index >= 15 is 4.39 Å². The molecule has 3 N–H and O–H groups in total. The molecule has 3 aromatic carbocycles. The Bertz CT molecular complexity index is 1770. The second kappa shape index (κ2) is 10.9. The predicted molar refractivity (Wildman–Crippen MR) is 156 cm³/mol. The summed E-state index contributed by atoms with van der Waals surface area (Å²) in [6, 6.07) is 15.3. The van der Waals surface area contributed by atoms with E-state index < -0.39 is 28.8 Å². The lowest BCUT2D eigenvalue weighted by atomic mass is 9.86. The van der Waals surface area contributed by atoms with Crippen LogP contribution in [0.15, 0.2) is 84.4 Å². The van der Waals surface area contributed by atoms with E-state index in [2.05, 4.69) is 24.9 Å². The van der Waals surface area contributed by atoms with Crippen LogP contribution in [0.5, 0.6) is 0 Å². The van der Waals surface area contributed by atoms with Crippen molar-refractivity contribution in [3.8, 4) is 0 Å². The van der Waals surface area contributed by atoms with E-state index in [9.17, 15) is 14.3 Å². The number of hydrogen-bond acceptors (Lipinski definition) is 8. The Hall–Kier alpha value is -4.84. The first kappa shape index (κ1) is 27.3. The number of aromatic nitrogens is 5. The summed E-state index contributed by atoms with van der Waals surface area (Å²) in [7, 11) is 0. The van der Waals surface area contributed by atoms with E-state index in [1.165, 1.54) is 34.3 Å². The number of nitrogens with zero attached hydrogens (tertiary/aromatic N) is 7. The van der Waals surface area contributed by atoms with Crippen LogP contribution >= 0.6 is 0 Å². The minimum atomic E-state index is -1.99. The molecule has 1 saturated heterocycles. The summed E-state index contributed by atoms with van der Waals surface area (Å²) in [4.78, 5) is 26.7. The molecule has 10 nitrogen and oxygen atoms in total. The number of aliphatic hydroxyl groups is 1. The third-order valence-electron chi connectivity index (χ3n) is 8.05. The molecule has 0 aliphatic carbocycles. The van der Waals surface area contributed by atoms with Crippen molar-refractivity contribution in [1.82, 2.24) is 24.3 Å². The molecule has 42 heavy (non-hydrogen) atoms. The fraction of sp³-hybridized carbons (Fsp3) is 0.267. The fourth-order valence-electron chi connectivity index (χ4n) is 5.58. The first-order chi connectivity index (χ1) is 20.2. The Morgan fingerprint density at radius 3 is 2.31 bits per heavy atom. The van der Waals surface area contributed by atoms with Crippen LogP contribution in [0.4, 0.5) is 25.8 Å². The molecule has 12 heteroatoms. The molecule has 1 aliphatic rings. The van der Waals surface area contributed by atoms with Gasteiger partial charge < -0.3 is 20.6 Å².